The zero-order chi connectivity index (χ0) is 15.5. The zero-order valence-corrected chi connectivity index (χ0v) is 12.7. The molecule has 0 atom stereocenters. The van der Waals surface area contributed by atoms with Crippen molar-refractivity contribution in [3.63, 3.8) is 0 Å². The van der Waals surface area contributed by atoms with Gasteiger partial charge in [0.25, 0.3) is 0 Å². The van der Waals surface area contributed by atoms with E-state index in [9.17, 15) is 4.39 Å². The molecular weight excluding hydrogens is 287 g/mol. The van der Waals surface area contributed by atoms with Gasteiger partial charge in [-0.1, -0.05) is 29.8 Å². The number of benzene rings is 2. The summed E-state index contributed by atoms with van der Waals surface area (Å²) in [5, 5.41) is 12.6. The molecule has 0 heterocycles. The van der Waals surface area contributed by atoms with Crippen LogP contribution in [0.1, 0.15) is 25.0 Å². The monoisotopic (exact) mass is 302 g/mol. The molecule has 0 radical (unpaired) electrons. The maximum absolute atomic E-state index is 13.7. The second-order valence-electron chi connectivity index (χ2n) is 5.40. The SMILES string of the molecule is CC(C)(C#N)c1ccc(NCc2ccc(Cl)cc2F)cc1. The van der Waals surface area contributed by atoms with Crippen molar-refractivity contribution in [1.29, 1.82) is 5.26 Å². The molecule has 21 heavy (non-hydrogen) atoms. The van der Waals surface area contributed by atoms with Gasteiger partial charge in [0.2, 0.25) is 0 Å². The molecule has 0 aliphatic carbocycles. The molecule has 0 bridgehead atoms. The molecule has 2 aromatic rings. The van der Waals surface area contributed by atoms with Crippen LogP contribution in [0.4, 0.5) is 10.1 Å². The first-order valence-corrected chi connectivity index (χ1v) is 7.00. The number of hydrogen-bond acceptors (Lipinski definition) is 2. The molecule has 2 aromatic carbocycles. The molecular formula is C17H16ClFN2. The van der Waals surface area contributed by atoms with E-state index in [0.717, 1.165) is 11.3 Å². The fourth-order valence-corrected chi connectivity index (χ4v) is 2.09. The number of halogens is 2. The van der Waals surface area contributed by atoms with E-state index in [0.29, 0.717) is 17.1 Å². The van der Waals surface area contributed by atoms with E-state index >= 15 is 0 Å². The molecule has 0 aliphatic rings. The fraction of sp³-hybridized carbons (Fsp3) is 0.235. The Morgan fingerprint density at radius 3 is 2.43 bits per heavy atom. The first-order valence-electron chi connectivity index (χ1n) is 6.62. The lowest BCUT2D eigenvalue weighted by atomic mass is 9.86. The van der Waals surface area contributed by atoms with Gasteiger partial charge < -0.3 is 5.32 Å². The Hall–Kier alpha value is -2.05. The van der Waals surface area contributed by atoms with Crippen molar-refractivity contribution in [1.82, 2.24) is 0 Å². The van der Waals surface area contributed by atoms with Gasteiger partial charge in [0.1, 0.15) is 5.82 Å². The lowest BCUT2D eigenvalue weighted by Crippen LogP contribution is -2.13. The third-order valence-electron chi connectivity index (χ3n) is 3.38. The van der Waals surface area contributed by atoms with E-state index in [1.807, 2.05) is 38.1 Å². The lowest BCUT2D eigenvalue weighted by Gasteiger charge is -2.16. The molecule has 0 fully saturated rings. The van der Waals surface area contributed by atoms with E-state index in [1.54, 1.807) is 12.1 Å². The Balaban J connectivity index is 2.06. The van der Waals surface area contributed by atoms with Crippen LogP contribution in [0.3, 0.4) is 0 Å². The summed E-state index contributed by atoms with van der Waals surface area (Å²) in [6.45, 7) is 4.13. The van der Waals surface area contributed by atoms with Gasteiger partial charge in [-0.3, -0.25) is 0 Å². The van der Waals surface area contributed by atoms with Gasteiger partial charge in [-0.25, -0.2) is 4.39 Å². The van der Waals surface area contributed by atoms with Crippen LogP contribution in [-0.2, 0) is 12.0 Å². The van der Waals surface area contributed by atoms with Crippen LogP contribution in [0.2, 0.25) is 5.02 Å². The first-order chi connectivity index (χ1) is 9.92. The van der Waals surface area contributed by atoms with Crippen LogP contribution >= 0.6 is 11.6 Å². The van der Waals surface area contributed by atoms with Crippen molar-refractivity contribution in [2.75, 3.05) is 5.32 Å². The van der Waals surface area contributed by atoms with Crippen LogP contribution in [0.5, 0.6) is 0 Å². The molecule has 0 aliphatic heterocycles. The molecule has 2 rings (SSSR count). The minimum atomic E-state index is -0.513. The summed E-state index contributed by atoms with van der Waals surface area (Å²) >= 11 is 5.72. The molecule has 108 valence electrons. The topological polar surface area (TPSA) is 35.8 Å². The van der Waals surface area contributed by atoms with E-state index in [1.165, 1.54) is 6.07 Å². The second-order valence-corrected chi connectivity index (χ2v) is 5.84. The summed E-state index contributed by atoms with van der Waals surface area (Å²) in [5.74, 6) is -0.322. The van der Waals surface area contributed by atoms with Crippen LogP contribution in [0.15, 0.2) is 42.5 Å². The predicted octanol–water partition coefficient (Wildman–Crippen LogP) is 4.89. The minimum Gasteiger partial charge on any atom is -0.381 e. The molecule has 2 nitrogen and oxygen atoms in total. The Morgan fingerprint density at radius 2 is 1.86 bits per heavy atom. The fourth-order valence-electron chi connectivity index (χ4n) is 1.93. The number of hydrogen-bond donors (Lipinski definition) is 1. The van der Waals surface area contributed by atoms with Gasteiger partial charge in [0.05, 0.1) is 11.5 Å². The minimum absolute atomic E-state index is 0.322. The second kappa shape index (κ2) is 6.15. The van der Waals surface area contributed by atoms with E-state index in [-0.39, 0.29) is 5.82 Å². The molecule has 4 heteroatoms. The van der Waals surface area contributed by atoms with Gasteiger partial charge in [-0.15, -0.1) is 0 Å². The number of anilines is 1. The van der Waals surface area contributed by atoms with E-state index in [4.69, 9.17) is 16.9 Å². The van der Waals surface area contributed by atoms with Gasteiger partial charge in [-0.05, 0) is 43.7 Å². The average molecular weight is 303 g/mol. The van der Waals surface area contributed by atoms with Crippen molar-refractivity contribution in [3.05, 3.63) is 64.4 Å². The van der Waals surface area contributed by atoms with Crippen LogP contribution in [0, 0.1) is 17.1 Å². The van der Waals surface area contributed by atoms with Crippen LogP contribution in [-0.4, -0.2) is 0 Å². The Morgan fingerprint density at radius 1 is 1.19 bits per heavy atom. The molecule has 0 unspecified atom stereocenters. The molecule has 0 saturated heterocycles. The number of nitrogens with zero attached hydrogens (tertiary/aromatic N) is 1. The summed E-state index contributed by atoms with van der Waals surface area (Å²) < 4.78 is 13.7. The number of nitrogens with one attached hydrogen (secondary N) is 1. The normalized spacial score (nSPS) is 11.0. The first kappa shape index (κ1) is 15.3. The highest BCUT2D eigenvalue weighted by molar-refractivity contribution is 6.30. The highest BCUT2D eigenvalue weighted by Crippen LogP contribution is 2.24. The lowest BCUT2D eigenvalue weighted by molar-refractivity contribution is 0.613. The summed E-state index contributed by atoms with van der Waals surface area (Å²) in [4.78, 5) is 0. The van der Waals surface area contributed by atoms with Gasteiger partial charge in [0, 0.05) is 22.8 Å². The summed E-state index contributed by atoms with van der Waals surface area (Å²) in [6, 6.07) is 14.5. The Kier molecular flexibility index (Phi) is 4.50. The molecule has 0 spiro atoms. The quantitative estimate of drug-likeness (QED) is 0.872. The molecule has 0 aromatic heterocycles. The van der Waals surface area contributed by atoms with Gasteiger partial charge >= 0.3 is 0 Å². The Bertz CT molecular complexity index is 672. The highest BCUT2D eigenvalue weighted by atomic mass is 35.5. The molecule has 1 N–H and O–H groups in total. The van der Waals surface area contributed by atoms with Crippen molar-refractivity contribution < 1.29 is 4.39 Å². The molecule has 0 amide bonds. The smallest absolute Gasteiger partial charge is 0.129 e. The van der Waals surface area contributed by atoms with E-state index in [2.05, 4.69) is 11.4 Å². The van der Waals surface area contributed by atoms with Gasteiger partial charge in [0.15, 0.2) is 0 Å². The van der Waals surface area contributed by atoms with Crippen molar-refractivity contribution in [3.8, 4) is 6.07 Å². The van der Waals surface area contributed by atoms with Crippen molar-refractivity contribution in [2.45, 2.75) is 25.8 Å². The number of nitriles is 1. The van der Waals surface area contributed by atoms with Crippen LogP contribution < -0.4 is 5.32 Å². The standard InChI is InChI=1S/C17H16ClFN2/c1-17(2,11-20)13-4-7-15(8-5-13)21-10-12-3-6-14(18)9-16(12)19/h3-9,21H,10H2,1-2H3. The maximum Gasteiger partial charge on any atom is 0.129 e. The van der Waals surface area contributed by atoms with Crippen molar-refractivity contribution >= 4 is 17.3 Å². The maximum atomic E-state index is 13.7. The summed E-state index contributed by atoms with van der Waals surface area (Å²) in [6.07, 6.45) is 0. The predicted molar refractivity (Wildman–Crippen MR) is 83.8 cm³/mol. The largest absolute Gasteiger partial charge is 0.381 e. The zero-order valence-electron chi connectivity index (χ0n) is 12.0. The van der Waals surface area contributed by atoms with Gasteiger partial charge in [-0.2, -0.15) is 5.26 Å². The third-order valence-corrected chi connectivity index (χ3v) is 3.62. The van der Waals surface area contributed by atoms with Crippen LogP contribution in [0.25, 0.3) is 0 Å². The molecule has 0 saturated carbocycles. The summed E-state index contributed by atoms with van der Waals surface area (Å²) in [5.41, 5.74) is 1.87. The summed E-state index contributed by atoms with van der Waals surface area (Å²) in [7, 11) is 0. The third kappa shape index (κ3) is 3.74. The Labute approximate surface area is 129 Å². The van der Waals surface area contributed by atoms with E-state index < -0.39 is 5.41 Å². The van der Waals surface area contributed by atoms with Crippen molar-refractivity contribution in [2.24, 2.45) is 0 Å². The average Bonchev–Trinajstić information content (AvgIpc) is 2.47. The highest BCUT2D eigenvalue weighted by Gasteiger charge is 2.19. The number of rotatable bonds is 4.